The minimum Gasteiger partial charge on any atom is -0.426 e. The lowest BCUT2D eigenvalue weighted by Crippen LogP contribution is -2.55. The van der Waals surface area contributed by atoms with Gasteiger partial charge in [-0.15, -0.1) is 0 Å². The minimum atomic E-state index is -1.80. The maximum atomic E-state index is 13.1. The van der Waals surface area contributed by atoms with Crippen LogP contribution in [-0.2, 0) is 20.7 Å². The SMILES string of the molecule is O=C(N[C@H](CC(=O)N1CCOCC1)C(=O)N[C@@H](CCCc1ccccc1)B(O)O)c1cnccn1. The number of ether oxygens (including phenoxy) is 1. The predicted octanol–water partition coefficient (Wildman–Crippen LogP) is -0.656. The van der Waals surface area contributed by atoms with Crippen LogP contribution in [0.4, 0.5) is 0 Å². The van der Waals surface area contributed by atoms with E-state index < -0.39 is 30.9 Å². The average Bonchev–Trinajstić information content (AvgIpc) is 2.89. The van der Waals surface area contributed by atoms with Crippen LogP contribution in [0, 0.1) is 0 Å². The van der Waals surface area contributed by atoms with Gasteiger partial charge in [0, 0.05) is 25.5 Å². The summed E-state index contributed by atoms with van der Waals surface area (Å²) in [5.74, 6) is -2.65. The molecule has 0 aliphatic carbocycles. The maximum Gasteiger partial charge on any atom is 0.475 e. The van der Waals surface area contributed by atoms with Gasteiger partial charge < -0.3 is 30.3 Å². The lowest BCUT2D eigenvalue weighted by Gasteiger charge is -2.29. The van der Waals surface area contributed by atoms with Crippen molar-refractivity contribution in [1.82, 2.24) is 25.5 Å². The van der Waals surface area contributed by atoms with Crippen LogP contribution < -0.4 is 10.6 Å². The molecule has 0 radical (unpaired) electrons. The van der Waals surface area contributed by atoms with Gasteiger partial charge in [0.1, 0.15) is 11.7 Å². The molecule has 3 amide bonds. The summed E-state index contributed by atoms with van der Waals surface area (Å²) >= 11 is 0. The summed E-state index contributed by atoms with van der Waals surface area (Å²) in [7, 11) is -1.80. The van der Waals surface area contributed by atoms with E-state index >= 15 is 0 Å². The first kappa shape index (κ1) is 26.3. The monoisotopic (exact) mass is 483 g/mol. The summed E-state index contributed by atoms with van der Waals surface area (Å²) in [5, 5.41) is 24.8. The molecule has 186 valence electrons. The first-order valence-corrected chi connectivity index (χ1v) is 11.6. The average molecular weight is 483 g/mol. The van der Waals surface area contributed by atoms with Crippen molar-refractivity contribution in [2.75, 3.05) is 26.3 Å². The summed E-state index contributed by atoms with van der Waals surface area (Å²) in [6, 6.07) is 8.46. The van der Waals surface area contributed by atoms with Gasteiger partial charge in [-0.05, 0) is 24.8 Å². The smallest absolute Gasteiger partial charge is 0.426 e. The lowest BCUT2D eigenvalue weighted by molar-refractivity contribution is -0.138. The summed E-state index contributed by atoms with van der Waals surface area (Å²) in [6.07, 6.45) is 5.28. The Hall–Kier alpha value is -3.35. The van der Waals surface area contributed by atoms with Crippen molar-refractivity contribution in [2.24, 2.45) is 0 Å². The van der Waals surface area contributed by atoms with Crippen LogP contribution in [-0.4, -0.2) is 88.0 Å². The molecule has 0 saturated carbocycles. The minimum absolute atomic E-state index is 0.00859. The normalized spacial score (nSPS) is 15.1. The van der Waals surface area contributed by atoms with Gasteiger partial charge in [0.15, 0.2) is 0 Å². The second kappa shape index (κ2) is 13.5. The van der Waals surface area contributed by atoms with Gasteiger partial charge in [0.05, 0.1) is 31.8 Å². The number of nitrogens with zero attached hydrogens (tertiary/aromatic N) is 3. The molecule has 1 fully saturated rings. The van der Waals surface area contributed by atoms with Crippen molar-refractivity contribution in [2.45, 2.75) is 37.7 Å². The molecule has 0 bridgehead atoms. The molecule has 2 heterocycles. The van der Waals surface area contributed by atoms with Gasteiger partial charge in [-0.2, -0.15) is 0 Å². The van der Waals surface area contributed by atoms with E-state index in [2.05, 4.69) is 20.6 Å². The van der Waals surface area contributed by atoms with E-state index in [0.29, 0.717) is 45.6 Å². The Bertz CT molecular complexity index is 959. The number of aryl methyl sites for hydroxylation is 1. The quantitative estimate of drug-likeness (QED) is 0.308. The number of hydrogen-bond acceptors (Lipinski definition) is 8. The zero-order valence-electron chi connectivity index (χ0n) is 19.4. The summed E-state index contributed by atoms with van der Waals surface area (Å²) in [4.78, 5) is 47.8. The number of carbonyl (C=O) groups excluding carboxylic acids is 3. The fourth-order valence-corrected chi connectivity index (χ4v) is 3.72. The highest BCUT2D eigenvalue weighted by molar-refractivity contribution is 6.43. The second-order valence-corrected chi connectivity index (χ2v) is 8.22. The molecule has 0 unspecified atom stereocenters. The van der Waals surface area contributed by atoms with E-state index in [1.807, 2.05) is 30.3 Å². The number of nitrogens with one attached hydrogen (secondary N) is 2. The Kier molecular flexibility index (Phi) is 10.1. The Labute approximate surface area is 204 Å². The summed E-state index contributed by atoms with van der Waals surface area (Å²) < 4.78 is 5.26. The van der Waals surface area contributed by atoms with Gasteiger partial charge in [0.25, 0.3) is 5.91 Å². The van der Waals surface area contributed by atoms with E-state index in [4.69, 9.17) is 4.74 Å². The lowest BCUT2D eigenvalue weighted by atomic mass is 9.76. The molecule has 1 saturated heterocycles. The Morgan fingerprint density at radius 2 is 1.83 bits per heavy atom. The first-order valence-electron chi connectivity index (χ1n) is 11.6. The Morgan fingerprint density at radius 1 is 1.09 bits per heavy atom. The Morgan fingerprint density at radius 3 is 2.49 bits per heavy atom. The van der Waals surface area contributed by atoms with Gasteiger partial charge in [0.2, 0.25) is 11.8 Å². The maximum absolute atomic E-state index is 13.1. The molecule has 12 heteroatoms. The molecule has 1 aliphatic rings. The van der Waals surface area contributed by atoms with Crippen LogP contribution in [0.1, 0.15) is 35.3 Å². The molecule has 0 spiro atoms. The standard InChI is InChI=1S/C23H30BN5O6/c30-21(29-11-13-35-14-12-29)15-18(27-23(32)19-16-25-9-10-26-19)22(31)28-20(24(33)34)8-4-7-17-5-2-1-3-6-17/h1-3,5-6,9-10,16,18,20,33-34H,4,7-8,11-15H2,(H,27,32)(H,28,31)/t18-,20+/m1/s1. The van der Waals surface area contributed by atoms with Gasteiger partial charge in [-0.3, -0.25) is 19.4 Å². The molecule has 4 N–H and O–H groups in total. The van der Waals surface area contributed by atoms with Crippen LogP contribution >= 0.6 is 0 Å². The van der Waals surface area contributed by atoms with Gasteiger partial charge >= 0.3 is 7.12 Å². The summed E-state index contributed by atoms with van der Waals surface area (Å²) in [5.41, 5.74) is 1.08. The third-order valence-electron chi connectivity index (χ3n) is 5.67. The molecular formula is C23H30BN5O6. The number of hydrogen-bond donors (Lipinski definition) is 4. The molecule has 2 aromatic rings. The predicted molar refractivity (Wildman–Crippen MR) is 127 cm³/mol. The second-order valence-electron chi connectivity index (χ2n) is 8.22. The fourth-order valence-electron chi connectivity index (χ4n) is 3.72. The molecule has 35 heavy (non-hydrogen) atoms. The topological polar surface area (TPSA) is 154 Å². The highest BCUT2D eigenvalue weighted by Crippen LogP contribution is 2.09. The third kappa shape index (κ3) is 8.43. The van der Waals surface area contributed by atoms with Crippen LogP contribution in [0.25, 0.3) is 0 Å². The zero-order chi connectivity index (χ0) is 25.0. The molecular weight excluding hydrogens is 453 g/mol. The molecule has 1 aromatic carbocycles. The van der Waals surface area contributed by atoms with E-state index in [0.717, 1.165) is 5.56 Å². The van der Waals surface area contributed by atoms with Crippen LogP contribution in [0.5, 0.6) is 0 Å². The van der Waals surface area contributed by atoms with Crippen LogP contribution in [0.15, 0.2) is 48.9 Å². The van der Waals surface area contributed by atoms with E-state index in [1.54, 1.807) is 4.90 Å². The number of rotatable bonds is 11. The van der Waals surface area contributed by atoms with Crippen molar-refractivity contribution >= 4 is 24.8 Å². The van der Waals surface area contributed by atoms with E-state index in [1.165, 1.54) is 18.6 Å². The van der Waals surface area contributed by atoms with Crippen molar-refractivity contribution < 1.29 is 29.2 Å². The summed E-state index contributed by atoms with van der Waals surface area (Å²) in [6.45, 7) is 1.58. The number of morpholine rings is 1. The highest BCUT2D eigenvalue weighted by Gasteiger charge is 2.32. The number of amides is 3. The van der Waals surface area contributed by atoms with Crippen LogP contribution in [0.3, 0.4) is 0 Å². The van der Waals surface area contributed by atoms with Crippen molar-refractivity contribution in [3.05, 3.63) is 60.2 Å². The number of benzene rings is 1. The van der Waals surface area contributed by atoms with Crippen molar-refractivity contribution in [1.29, 1.82) is 0 Å². The number of carbonyl (C=O) groups is 3. The van der Waals surface area contributed by atoms with Gasteiger partial charge in [-0.25, -0.2) is 4.98 Å². The number of aromatic nitrogens is 2. The highest BCUT2D eigenvalue weighted by atomic mass is 16.5. The molecule has 3 rings (SSSR count). The van der Waals surface area contributed by atoms with Gasteiger partial charge in [-0.1, -0.05) is 30.3 Å². The fraction of sp³-hybridized carbons (Fsp3) is 0.435. The van der Waals surface area contributed by atoms with E-state index in [-0.39, 0.29) is 18.0 Å². The van der Waals surface area contributed by atoms with Crippen molar-refractivity contribution in [3.8, 4) is 0 Å². The van der Waals surface area contributed by atoms with Crippen LogP contribution in [0.2, 0.25) is 0 Å². The zero-order valence-corrected chi connectivity index (χ0v) is 19.4. The molecule has 11 nitrogen and oxygen atoms in total. The third-order valence-corrected chi connectivity index (χ3v) is 5.67. The Balaban J connectivity index is 1.65. The first-order chi connectivity index (χ1) is 16.9. The molecule has 1 aliphatic heterocycles. The van der Waals surface area contributed by atoms with E-state index in [9.17, 15) is 24.4 Å². The molecule has 2 atom stereocenters. The largest absolute Gasteiger partial charge is 0.475 e. The van der Waals surface area contributed by atoms with Crippen molar-refractivity contribution in [3.63, 3.8) is 0 Å². The molecule has 1 aromatic heterocycles.